The summed E-state index contributed by atoms with van der Waals surface area (Å²) in [6.45, 7) is 0. The van der Waals surface area contributed by atoms with Crippen molar-refractivity contribution in [2.75, 3.05) is 0 Å². The summed E-state index contributed by atoms with van der Waals surface area (Å²) in [6, 6.07) is 25.8. The van der Waals surface area contributed by atoms with Gasteiger partial charge in [0.1, 0.15) is 10.6 Å². The van der Waals surface area contributed by atoms with Gasteiger partial charge >= 0.3 is 0 Å². The lowest BCUT2D eigenvalue weighted by Gasteiger charge is -2.03. The third kappa shape index (κ3) is 1.73. The number of hydrogen-bond acceptors (Lipinski definition) is 2. The molecule has 3 aromatic heterocycles. The fourth-order valence-corrected chi connectivity index (χ4v) is 4.88. The van der Waals surface area contributed by atoms with Gasteiger partial charge in [-0.25, -0.2) is 0 Å². The molecule has 0 atom stereocenters. The van der Waals surface area contributed by atoms with Gasteiger partial charge in [0.15, 0.2) is 0 Å². The maximum Gasteiger partial charge on any atom is 0.143 e. The molecule has 0 fully saturated rings. The van der Waals surface area contributed by atoms with Crippen molar-refractivity contribution in [3.63, 3.8) is 0 Å². The molecule has 3 heterocycles. The van der Waals surface area contributed by atoms with E-state index in [9.17, 15) is 0 Å². The van der Waals surface area contributed by atoms with Crippen molar-refractivity contribution in [1.82, 2.24) is 4.57 Å². The van der Waals surface area contributed by atoms with Gasteiger partial charge in [-0.3, -0.25) is 0 Å². The van der Waals surface area contributed by atoms with Crippen molar-refractivity contribution in [2.45, 2.75) is 0 Å². The first-order valence-corrected chi connectivity index (χ1v) is 9.10. The van der Waals surface area contributed by atoms with Crippen molar-refractivity contribution in [3.05, 3.63) is 79.1 Å². The monoisotopic (exact) mass is 339 g/mol. The molecule has 0 unspecified atom stereocenters. The van der Waals surface area contributed by atoms with Gasteiger partial charge in [0, 0.05) is 15.5 Å². The van der Waals surface area contributed by atoms with Crippen LogP contribution in [0.2, 0.25) is 0 Å². The number of para-hydroxylation sites is 1. The van der Waals surface area contributed by atoms with Crippen LogP contribution >= 0.6 is 11.3 Å². The SMILES string of the molecule is c1ccc2sc(-n3c4ccccc4c4c5occc5ccc43)cc2c1. The van der Waals surface area contributed by atoms with E-state index in [2.05, 4.69) is 71.3 Å². The van der Waals surface area contributed by atoms with Gasteiger partial charge in [0.25, 0.3) is 0 Å². The van der Waals surface area contributed by atoms with Crippen molar-refractivity contribution >= 4 is 54.2 Å². The maximum absolute atomic E-state index is 5.84. The Labute approximate surface area is 147 Å². The summed E-state index contributed by atoms with van der Waals surface area (Å²) in [5.41, 5.74) is 3.37. The molecule has 0 bridgehead atoms. The fourth-order valence-electron chi connectivity index (χ4n) is 3.79. The second-order valence-electron chi connectivity index (χ2n) is 6.27. The maximum atomic E-state index is 5.84. The lowest BCUT2D eigenvalue weighted by Crippen LogP contribution is -1.89. The molecule has 0 aliphatic heterocycles. The molecule has 0 radical (unpaired) electrons. The molecule has 25 heavy (non-hydrogen) atoms. The minimum atomic E-state index is 0.966. The number of fused-ring (bicyclic) bond motifs is 6. The first kappa shape index (κ1) is 13.3. The molecule has 0 aliphatic rings. The van der Waals surface area contributed by atoms with Gasteiger partial charge in [-0.2, -0.15) is 0 Å². The van der Waals surface area contributed by atoms with Crippen molar-refractivity contribution in [1.29, 1.82) is 0 Å². The number of furan rings is 1. The van der Waals surface area contributed by atoms with E-state index in [1.54, 1.807) is 6.26 Å². The van der Waals surface area contributed by atoms with Crippen LogP contribution in [0.25, 0.3) is 47.9 Å². The highest BCUT2D eigenvalue weighted by Gasteiger charge is 2.17. The van der Waals surface area contributed by atoms with E-state index >= 15 is 0 Å². The quantitative estimate of drug-likeness (QED) is 0.324. The summed E-state index contributed by atoms with van der Waals surface area (Å²) < 4.78 is 9.50. The summed E-state index contributed by atoms with van der Waals surface area (Å²) in [4.78, 5) is 0. The average molecular weight is 339 g/mol. The molecule has 0 aliphatic carbocycles. The van der Waals surface area contributed by atoms with Gasteiger partial charge in [0.05, 0.1) is 22.7 Å². The summed E-state index contributed by atoms with van der Waals surface area (Å²) in [5.74, 6) is 0. The van der Waals surface area contributed by atoms with E-state index in [1.165, 1.54) is 36.9 Å². The predicted molar refractivity (Wildman–Crippen MR) is 106 cm³/mol. The summed E-state index contributed by atoms with van der Waals surface area (Å²) in [5, 5.41) is 6.09. The Morgan fingerprint density at radius 1 is 0.760 bits per heavy atom. The molecule has 6 rings (SSSR count). The highest BCUT2D eigenvalue weighted by molar-refractivity contribution is 7.21. The molecule has 0 spiro atoms. The van der Waals surface area contributed by atoms with E-state index in [1.807, 2.05) is 17.4 Å². The van der Waals surface area contributed by atoms with Gasteiger partial charge in [-0.1, -0.05) is 36.4 Å². The Kier molecular flexibility index (Phi) is 2.52. The number of benzene rings is 3. The van der Waals surface area contributed by atoms with Crippen molar-refractivity contribution in [3.8, 4) is 5.00 Å². The van der Waals surface area contributed by atoms with Crippen molar-refractivity contribution in [2.24, 2.45) is 0 Å². The first-order chi connectivity index (χ1) is 12.4. The highest BCUT2D eigenvalue weighted by Crippen LogP contribution is 2.39. The fraction of sp³-hybridized carbons (Fsp3) is 0. The Hall–Kier alpha value is -3.04. The molecular weight excluding hydrogens is 326 g/mol. The van der Waals surface area contributed by atoms with Crippen LogP contribution < -0.4 is 0 Å². The van der Waals surface area contributed by atoms with E-state index in [0.717, 1.165) is 11.0 Å². The molecule has 0 amide bonds. The third-order valence-corrected chi connectivity index (χ3v) is 5.99. The molecule has 2 nitrogen and oxygen atoms in total. The Morgan fingerprint density at radius 2 is 1.64 bits per heavy atom. The van der Waals surface area contributed by atoms with Crippen molar-refractivity contribution < 1.29 is 4.42 Å². The van der Waals surface area contributed by atoms with Crippen LogP contribution in [-0.2, 0) is 0 Å². The Morgan fingerprint density at radius 3 is 2.60 bits per heavy atom. The predicted octanol–water partition coefficient (Wildman–Crippen LogP) is 6.74. The van der Waals surface area contributed by atoms with Gasteiger partial charge in [-0.05, 0) is 41.8 Å². The summed E-state index contributed by atoms with van der Waals surface area (Å²) >= 11 is 1.82. The van der Waals surface area contributed by atoms with Crippen LogP contribution in [0.1, 0.15) is 0 Å². The third-order valence-electron chi connectivity index (χ3n) is 4.89. The minimum Gasteiger partial charge on any atom is -0.464 e. The van der Waals surface area contributed by atoms with Gasteiger partial charge < -0.3 is 8.98 Å². The normalized spacial score (nSPS) is 12.0. The van der Waals surface area contributed by atoms with E-state index < -0.39 is 0 Å². The standard InChI is InChI=1S/C22H13NOS/c1-4-8-19-15(5-1)13-20(25-19)23-17-7-3-2-6-16(17)21-18(23)10-9-14-11-12-24-22(14)21/h1-13H. The van der Waals surface area contributed by atoms with E-state index in [-0.39, 0.29) is 0 Å². The van der Waals surface area contributed by atoms with Crippen LogP contribution in [0, 0.1) is 0 Å². The molecule has 3 aromatic carbocycles. The number of hydrogen-bond donors (Lipinski definition) is 0. The number of thiophene rings is 1. The molecule has 0 saturated heterocycles. The summed E-state index contributed by atoms with van der Waals surface area (Å²) in [7, 11) is 0. The van der Waals surface area contributed by atoms with Gasteiger partial charge in [-0.15, -0.1) is 11.3 Å². The summed E-state index contributed by atoms with van der Waals surface area (Å²) in [6.07, 6.45) is 1.77. The highest BCUT2D eigenvalue weighted by atomic mass is 32.1. The average Bonchev–Trinajstić information content (AvgIpc) is 3.35. The molecule has 3 heteroatoms. The Balaban J connectivity index is 1.84. The van der Waals surface area contributed by atoms with Crippen LogP contribution in [-0.4, -0.2) is 4.57 Å². The van der Waals surface area contributed by atoms with Crippen LogP contribution in [0.15, 0.2) is 83.5 Å². The number of nitrogens with zero attached hydrogens (tertiary/aromatic N) is 1. The first-order valence-electron chi connectivity index (χ1n) is 8.28. The zero-order valence-electron chi connectivity index (χ0n) is 13.3. The molecular formula is C22H13NOS. The molecule has 6 aromatic rings. The largest absolute Gasteiger partial charge is 0.464 e. The molecule has 118 valence electrons. The van der Waals surface area contributed by atoms with E-state index in [4.69, 9.17) is 4.42 Å². The second kappa shape index (κ2) is 4.74. The zero-order chi connectivity index (χ0) is 16.4. The smallest absolute Gasteiger partial charge is 0.143 e. The zero-order valence-corrected chi connectivity index (χ0v) is 14.1. The molecule has 0 saturated carbocycles. The number of aromatic nitrogens is 1. The minimum absolute atomic E-state index is 0.966. The van der Waals surface area contributed by atoms with Crippen LogP contribution in [0.4, 0.5) is 0 Å². The lowest BCUT2D eigenvalue weighted by molar-refractivity contribution is 0.619. The number of rotatable bonds is 1. The van der Waals surface area contributed by atoms with E-state index in [0.29, 0.717) is 0 Å². The second-order valence-corrected chi connectivity index (χ2v) is 7.34. The lowest BCUT2D eigenvalue weighted by atomic mass is 10.1. The van der Waals surface area contributed by atoms with Crippen LogP contribution in [0.3, 0.4) is 0 Å². The Bertz CT molecular complexity index is 1370. The topological polar surface area (TPSA) is 18.1 Å². The molecule has 0 N–H and O–H groups in total. The van der Waals surface area contributed by atoms with Crippen LogP contribution in [0.5, 0.6) is 0 Å². The van der Waals surface area contributed by atoms with Gasteiger partial charge in [0.2, 0.25) is 0 Å².